The number of hydrogen-bond donors (Lipinski definition) is 2. The van der Waals surface area contributed by atoms with Crippen molar-refractivity contribution in [3.05, 3.63) is 75.0 Å². The molecule has 2 aromatic carbocycles. The van der Waals surface area contributed by atoms with Gasteiger partial charge in [-0.3, -0.25) is 4.79 Å². The second-order valence-corrected chi connectivity index (χ2v) is 6.93. The van der Waals surface area contributed by atoms with Crippen molar-refractivity contribution in [2.75, 3.05) is 11.9 Å². The van der Waals surface area contributed by atoms with Crippen molar-refractivity contribution in [1.29, 1.82) is 0 Å². The predicted octanol–water partition coefficient (Wildman–Crippen LogP) is 4.93. The molecule has 0 saturated heterocycles. The van der Waals surface area contributed by atoms with E-state index in [9.17, 15) is 9.59 Å². The molecule has 0 aliphatic carbocycles. The first-order valence-electron chi connectivity index (χ1n) is 8.91. The van der Waals surface area contributed by atoms with Gasteiger partial charge in [0.15, 0.2) is 0 Å². The molecule has 3 aromatic rings. The Hall–Kier alpha value is -2.79. The maximum absolute atomic E-state index is 12.8. The van der Waals surface area contributed by atoms with Gasteiger partial charge in [0, 0.05) is 40.8 Å². The number of benzene rings is 2. The number of pyridine rings is 1. The van der Waals surface area contributed by atoms with Gasteiger partial charge < -0.3 is 15.2 Å². The van der Waals surface area contributed by atoms with Crippen LogP contribution in [0.15, 0.2) is 53.3 Å². The number of anilines is 1. The lowest BCUT2D eigenvalue weighted by Crippen LogP contribution is -2.35. The molecule has 0 bridgehead atoms. The highest BCUT2D eigenvalue weighted by Crippen LogP contribution is 2.21. The molecule has 27 heavy (non-hydrogen) atoms. The van der Waals surface area contributed by atoms with E-state index in [-0.39, 0.29) is 11.6 Å². The van der Waals surface area contributed by atoms with Gasteiger partial charge in [0.1, 0.15) is 0 Å². The van der Waals surface area contributed by atoms with Crippen LogP contribution in [0.25, 0.3) is 10.9 Å². The Balaban J connectivity index is 1.86. The molecule has 0 saturated carbocycles. The molecule has 2 amide bonds. The number of urea groups is 1. The molecule has 2 N–H and O–H groups in total. The zero-order chi connectivity index (χ0) is 19.4. The molecule has 1 heterocycles. The summed E-state index contributed by atoms with van der Waals surface area (Å²) in [6.07, 6.45) is 0.809. The first-order chi connectivity index (χ1) is 13.0. The molecule has 0 radical (unpaired) electrons. The normalized spacial score (nSPS) is 10.8. The number of hydrogen-bond acceptors (Lipinski definition) is 2. The highest BCUT2D eigenvalue weighted by atomic mass is 35.5. The summed E-state index contributed by atoms with van der Waals surface area (Å²) >= 11 is 6.15. The molecule has 0 spiro atoms. The number of halogens is 1. The molecule has 0 fully saturated rings. The standard InChI is InChI=1S/C21H22ClN3O2/c1-3-10-25(21(27)23-16-9-8-14(2)18(22)12-16)13-15-11-20(26)24-19-7-5-4-6-17(15)19/h4-9,11-12H,3,10,13H2,1-2H3,(H,23,27)(H,24,26). The van der Waals surface area contributed by atoms with E-state index in [0.29, 0.717) is 23.8 Å². The predicted molar refractivity (Wildman–Crippen MR) is 110 cm³/mol. The number of aromatic amines is 1. The number of aryl methyl sites for hydroxylation is 1. The molecular weight excluding hydrogens is 362 g/mol. The highest BCUT2D eigenvalue weighted by molar-refractivity contribution is 6.31. The van der Waals surface area contributed by atoms with Gasteiger partial charge in [0.05, 0.1) is 0 Å². The zero-order valence-electron chi connectivity index (χ0n) is 15.4. The first-order valence-corrected chi connectivity index (χ1v) is 9.28. The van der Waals surface area contributed by atoms with Gasteiger partial charge in [0.2, 0.25) is 5.56 Å². The van der Waals surface area contributed by atoms with Crippen LogP contribution in [-0.2, 0) is 6.54 Å². The quantitative estimate of drug-likeness (QED) is 0.655. The first kappa shape index (κ1) is 19.0. The van der Waals surface area contributed by atoms with Crippen molar-refractivity contribution in [3.63, 3.8) is 0 Å². The number of para-hydroxylation sites is 1. The second-order valence-electron chi connectivity index (χ2n) is 6.52. The van der Waals surface area contributed by atoms with E-state index in [1.807, 2.05) is 50.2 Å². The minimum atomic E-state index is -0.221. The van der Waals surface area contributed by atoms with Gasteiger partial charge in [-0.1, -0.05) is 42.8 Å². The van der Waals surface area contributed by atoms with Crippen molar-refractivity contribution >= 4 is 34.2 Å². The average Bonchev–Trinajstić information content (AvgIpc) is 2.64. The number of H-pyrrole nitrogens is 1. The van der Waals surface area contributed by atoms with E-state index in [1.165, 1.54) is 0 Å². The Morgan fingerprint density at radius 1 is 1.19 bits per heavy atom. The average molecular weight is 384 g/mol. The smallest absolute Gasteiger partial charge is 0.322 e. The maximum Gasteiger partial charge on any atom is 0.322 e. The molecular formula is C21H22ClN3O2. The van der Waals surface area contributed by atoms with Gasteiger partial charge >= 0.3 is 6.03 Å². The number of nitrogens with one attached hydrogen (secondary N) is 2. The SMILES string of the molecule is CCCN(Cc1cc(=O)[nH]c2ccccc12)C(=O)Nc1ccc(C)c(Cl)c1. The fourth-order valence-electron chi connectivity index (χ4n) is 3.01. The molecule has 0 atom stereocenters. The molecule has 1 aromatic heterocycles. The molecule has 3 rings (SSSR count). The number of aromatic nitrogens is 1. The number of amides is 2. The van der Waals surface area contributed by atoms with Crippen LogP contribution in [0.5, 0.6) is 0 Å². The maximum atomic E-state index is 12.8. The van der Waals surface area contributed by atoms with E-state index in [2.05, 4.69) is 10.3 Å². The van der Waals surface area contributed by atoms with Crippen molar-refractivity contribution < 1.29 is 4.79 Å². The van der Waals surface area contributed by atoms with Crippen LogP contribution in [0.3, 0.4) is 0 Å². The fourth-order valence-corrected chi connectivity index (χ4v) is 3.19. The summed E-state index contributed by atoms with van der Waals surface area (Å²) in [6, 6.07) is 14.4. The van der Waals surface area contributed by atoms with Crippen molar-refractivity contribution in [3.8, 4) is 0 Å². The molecule has 5 nitrogen and oxygen atoms in total. The number of carbonyl (C=O) groups excluding carboxylic acids is 1. The van der Waals surface area contributed by atoms with Gasteiger partial charge in [-0.2, -0.15) is 0 Å². The lowest BCUT2D eigenvalue weighted by Gasteiger charge is -2.23. The van der Waals surface area contributed by atoms with Crippen LogP contribution in [0.2, 0.25) is 5.02 Å². The largest absolute Gasteiger partial charge is 0.322 e. The van der Waals surface area contributed by atoms with Gasteiger partial charge in [-0.05, 0) is 42.7 Å². The Morgan fingerprint density at radius 3 is 2.70 bits per heavy atom. The minimum absolute atomic E-state index is 0.175. The van der Waals surface area contributed by atoms with Gasteiger partial charge in [-0.25, -0.2) is 4.79 Å². The Labute approximate surface area is 163 Å². The monoisotopic (exact) mass is 383 g/mol. The third kappa shape index (κ3) is 4.49. The van der Waals surface area contributed by atoms with Crippen LogP contribution < -0.4 is 10.9 Å². The third-order valence-electron chi connectivity index (χ3n) is 4.40. The van der Waals surface area contributed by atoms with E-state index in [4.69, 9.17) is 11.6 Å². The molecule has 0 unspecified atom stereocenters. The van der Waals surface area contributed by atoms with E-state index >= 15 is 0 Å². The zero-order valence-corrected chi connectivity index (χ0v) is 16.1. The summed E-state index contributed by atoms with van der Waals surface area (Å²) in [6.45, 7) is 4.85. The van der Waals surface area contributed by atoms with Gasteiger partial charge in [0.25, 0.3) is 0 Å². The van der Waals surface area contributed by atoms with Crippen LogP contribution in [0.4, 0.5) is 10.5 Å². The van der Waals surface area contributed by atoms with Crippen LogP contribution in [0.1, 0.15) is 24.5 Å². The van der Waals surface area contributed by atoms with Crippen LogP contribution in [0, 0.1) is 6.92 Å². The lowest BCUT2D eigenvalue weighted by molar-refractivity contribution is 0.209. The van der Waals surface area contributed by atoms with Crippen LogP contribution in [-0.4, -0.2) is 22.5 Å². The summed E-state index contributed by atoms with van der Waals surface area (Å²) in [4.78, 5) is 29.3. The number of carbonyl (C=O) groups is 1. The summed E-state index contributed by atoms with van der Waals surface area (Å²) in [5.74, 6) is 0. The summed E-state index contributed by atoms with van der Waals surface area (Å²) in [7, 11) is 0. The second kappa shape index (κ2) is 8.27. The van der Waals surface area contributed by atoms with Crippen LogP contribution >= 0.6 is 11.6 Å². The van der Waals surface area contributed by atoms with Crippen molar-refractivity contribution in [1.82, 2.24) is 9.88 Å². The molecule has 6 heteroatoms. The Morgan fingerprint density at radius 2 is 1.96 bits per heavy atom. The fraction of sp³-hybridized carbons (Fsp3) is 0.238. The van der Waals surface area contributed by atoms with Crippen molar-refractivity contribution in [2.45, 2.75) is 26.8 Å². The molecule has 0 aliphatic heterocycles. The van der Waals surface area contributed by atoms with E-state index < -0.39 is 0 Å². The topological polar surface area (TPSA) is 65.2 Å². The highest BCUT2D eigenvalue weighted by Gasteiger charge is 2.16. The number of nitrogens with zero attached hydrogens (tertiary/aromatic N) is 1. The minimum Gasteiger partial charge on any atom is -0.322 e. The molecule has 140 valence electrons. The van der Waals surface area contributed by atoms with E-state index in [0.717, 1.165) is 28.5 Å². The Bertz CT molecular complexity index is 1030. The number of fused-ring (bicyclic) bond motifs is 1. The van der Waals surface area contributed by atoms with E-state index in [1.54, 1.807) is 17.0 Å². The molecule has 0 aliphatic rings. The Kier molecular flexibility index (Phi) is 5.81. The summed E-state index contributed by atoms with van der Waals surface area (Å²) in [5.41, 5.74) is 3.01. The van der Waals surface area contributed by atoms with Crippen molar-refractivity contribution in [2.24, 2.45) is 0 Å². The third-order valence-corrected chi connectivity index (χ3v) is 4.81. The number of rotatable bonds is 5. The lowest BCUT2D eigenvalue weighted by atomic mass is 10.1. The summed E-state index contributed by atoms with van der Waals surface area (Å²) < 4.78 is 0. The summed E-state index contributed by atoms with van der Waals surface area (Å²) in [5, 5.41) is 4.44. The van der Waals surface area contributed by atoms with Gasteiger partial charge in [-0.15, -0.1) is 0 Å².